The van der Waals surface area contributed by atoms with Gasteiger partial charge in [-0.25, -0.2) is 0 Å². The Morgan fingerprint density at radius 2 is 1.50 bits per heavy atom. The minimum atomic E-state index is 0.432. The number of hydrogen-bond acceptors (Lipinski definition) is 1. The van der Waals surface area contributed by atoms with Crippen molar-refractivity contribution in [2.45, 2.75) is 19.8 Å². The normalized spacial score (nSPS) is 10.4. The monoisotopic (exact) mass is 304 g/mol. The summed E-state index contributed by atoms with van der Waals surface area (Å²) in [6.07, 6.45) is 0. The third kappa shape index (κ3) is 3.71. The van der Waals surface area contributed by atoms with Gasteiger partial charge < -0.3 is 10.6 Å². The molecular weight excluding hydrogens is 288 g/mol. The zero-order valence-electron chi connectivity index (χ0n) is 11.5. The largest absolute Gasteiger partial charge is 0.332 e. The molecule has 0 amide bonds. The highest BCUT2D eigenvalue weighted by atomic mass is 35.5. The van der Waals surface area contributed by atoms with Crippen LogP contribution in [0.5, 0.6) is 0 Å². The molecule has 2 aromatic carbocycles. The SMILES string of the molecule is CC(C)c1ccccc1NC(=S)Nc1ccccc1Cl. The van der Waals surface area contributed by atoms with Gasteiger partial charge in [0, 0.05) is 5.69 Å². The van der Waals surface area contributed by atoms with E-state index in [9.17, 15) is 0 Å². The molecule has 4 heteroatoms. The summed E-state index contributed by atoms with van der Waals surface area (Å²) in [6.45, 7) is 4.32. The van der Waals surface area contributed by atoms with E-state index in [-0.39, 0.29) is 0 Å². The molecule has 0 fully saturated rings. The Morgan fingerprint density at radius 3 is 2.15 bits per heavy atom. The average Bonchev–Trinajstić information content (AvgIpc) is 2.41. The molecule has 0 bridgehead atoms. The Morgan fingerprint density at radius 1 is 0.950 bits per heavy atom. The second kappa shape index (κ2) is 6.73. The predicted molar refractivity (Wildman–Crippen MR) is 91.8 cm³/mol. The topological polar surface area (TPSA) is 24.1 Å². The lowest BCUT2D eigenvalue weighted by Crippen LogP contribution is -2.20. The smallest absolute Gasteiger partial charge is 0.175 e. The van der Waals surface area contributed by atoms with Crippen molar-refractivity contribution in [1.29, 1.82) is 0 Å². The minimum absolute atomic E-state index is 0.432. The summed E-state index contributed by atoms with van der Waals surface area (Å²) < 4.78 is 0. The van der Waals surface area contributed by atoms with Crippen molar-refractivity contribution in [1.82, 2.24) is 0 Å². The second-order valence-electron chi connectivity index (χ2n) is 4.80. The molecule has 0 aromatic heterocycles. The van der Waals surface area contributed by atoms with Crippen molar-refractivity contribution in [3.05, 3.63) is 59.1 Å². The molecule has 2 nitrogen and oxygen atoms in total. The molecule has 0 aliphatic carbocycles. The lowest BCUT2D eigenvalue weighted by atomic mass is 10.0. The Balaban J connectivity index is 2.11. The van der Waals surface area contributed by atoms with Crippen LogP contribution in [0.15, 0.2) is 48.5 Å². The number of rotatable bonds is 3. The molecule has 2 N–H and O–H groups in total. The van der Waals surface area contributed by atoms with Crippen molar-refractivity contribution in [2.75, 3.05) is 10.6 Å². The first-order valence-electron chi connectivity index (χ1n) is 6.49. The molecule has 0 unspecified atom stereocenters. The molecule has 0 heterocycles. The summed E-state index contributed by atoms with van der Waals surface area (Å²) in [7, 11) is 0. The highest BCUT2D eigenvalue weighted by molar-refractivity contribution is 7.80. The van der Waals surface area contributed by atoms with Gasteiger partial charge in [-0.3, -0.25) is 0 Å². The van der Waals surface area contributed by atoms with Crippen molar-refractivity contribution in [2.24, 2.45) is 0 Å². The third-order valence-corrected chi connectivity index (χ3v) is 3.49. The van der Waals surface area contributed by atoms with E-state index < -0.39 is 0 Å². The zero-order chi connectivity index (χ0) is 14.5. The van der Waals surface area contributed by atoms with Crippen LogP contribution in [0.3, 0.4) is 0 Å². The van der Waals surface area contributed by atoms with Crippen LogP contribution in [-0.2, 0) is 0 Å². The van der Waals surface area contributed by atoms with Gasteiger partial charge in [0.25, 0.3) is 0 Å². The maximum absolute atomic E-state index is 6.10. The molecular formula is C16H17ClN2S. The number of thiocarbonyl (C=S) groups is 1. The summed E-state index contributed by atoms with van der Waals surface area (Å²) in [5, 5.41) is 7.52. The van der Waals surface area contributed by atoms with Crippen LogP contribution in [0.25, 0.3) is 0 Å². The van der Waals surface area contributed by atoms with Crippen LogP contribution in [0, 0.1) is 0 Å². The molecule has 0 spiro atoms. The Kier molecular flexibility index (Phi) is 4.99. The maximum Gasteiger partial charge on any atom is 0.175 e. The zero-order valence-corrected chi connectivity index (χ0v) is 13.1. The van der Waals surface area contributed by atoms with Gasteiger partial charge in [-0.15, -0.1) is 0 Å². The molecule has 0 saturated heterocycles. The van der Waals surface area contributed by atoms with Gasteiger partial charge in [-0.2, -0.15) is 0 Å². The Bertz CT molecular complexity index is 611. The fourth-order valence-corrected chi connectivity index (χ4v) is 2.36. The second-order valence-corrected chi connectivity index (χ2v) is 5.62. The van der Waals surface area contributed by atoms with Crippen LogP contribution in [0.4, 0.5) is 11.4 Å². The molecule has 2 aromatic rings. The summed E-state index contributed by atoms with van der Waals surface area (Å²) in [5.74, 6) is 0.432. The van der Waals surface area contributed by atoms with E-state index in [4.69, 9.17) is 23.8 Å². The van der Waals surface area contributed by atoms with Crippen LogP contribution >= 0.6 is 23.8 Å². The fraction of sp³-hybridized carbons (Fsp3) is 0.188. The van der Waals surface area contributed by atoms with Crippen molar-refractivity contribution >= 4 is 40.3 Å². The maximum atomic E-state index is 6.10. The van der Waals surface area contributed by atoms with Gasteiger partial charge in [-0.05, 0) is 41.9 Å². The molecule has 0 aliphatic heterocycles. The third-order valence-electron chi connectivity index (χ3n) is 2.95. The molecule has 0 saturated carbocycles. The summed E-state index contributed by atoms with van der Waals surface area (Å²) in [6, 6.07) is 15.7. The van der Waals surface area contributed by atoms with Crippen LogP contribution in [-0.4, -0.2) is 5.11 Å². The molecule has 2 rings (SSSR count). The first kappa shape index (κ1) is 14.8. The van der Waals surface area contributed by atoms with Crippen molar-refractivity contribution < 1.29 is 0 Å². The average molecular weight is 305 g/mol. The summed E-state index contributed by atoms with van der Waals surface area (Å²) in [5.41, 5.74) is 3.05. The van der Waals surface area contributed by atoms with E-state index in [2.05, 4.69) is 30.5 Å². The highest BCUT2D eigenvalue weighted by Gasteiger charge is 2.08. The van der Waals surface area contributed by atoms with Crippen LogP contribution in [0.2, 0.25) is 5.02 Å². The first-order valence-corrected chi connectivity index (χ1v) is 7.28. The number of halogens is 1. The molecule has 0 radical (unpaired) electrons. The first-order chi connectivity index (χ1) is 9.58. The predicted octanol–water partition coefficient (Wildman–Crippen LogP) is 5.27. The molecule has 104 valence electrons. The number of para-hydroxylation sites is 2. The lowest BCUT2D eigenvalue weighted by molar-refractivity contribution is 0.869. The van der Waals surface area contributed by atoms with Crippen LogP contribution in [0.1, 0.15) is 25.3 Å². The summed E-state index contributed by atoms with van der Waals surface area (Å²) in [4.78, 5) is 0. The van der Waals surface area contributed by atoms with Crippen molar-refractivity contribution in [3.8, 4) is 0 Å². The van der Waals surface area contributed by atoms with Crippen LogP contribution < -0.4 is 10.6 Å². The Hall–Kier alpha value is -1.58. The quantitative estimate of drug-likeness (QED) is 0.755. The van der Waals surface area contributed by atoms with E-state index in [0.29, 0.717) is 16.1 Å². The number of hydrogen-bond donors (Lipinski definition) is 2. The molecule has 0 aliphatic rings. The summed E-state index contributed by atoms with van der Waals surface area (Å²) >= 11 is 11.4. The van der Waals surface area contributed by atoms with Crippen molar-refractivity contribution in [3.63, 3.8) is 0 Å². The van der Waals surface area contributed by atoms with E-state index >= 15 is 0 Å². The van der Waals surface area contributed by atoms with Gasteiger partial charge >= 0.3 is 0 Å². The molecule has 20 heavy (non-hydrogen) atoms. The minimum Gasteiger partial charge on any atom is -0.332 e. The van der Waals surface area contributed by atoms with Gasteiger partial charge in [0.1, 0.15) is 0 Å². The number of benzene rings is 2. The highest BCUT2D eigenvalue weighted by Crippen LogP contribution is 2.25. The lowest BCUT2D eigenvalue weighted by Gasteiger charge is -2.16. The fourth-order valence-electron chi connectivity index (χ4n) is 1.95. The van der Waals surface area contributed by atoms with Gasteiger partial charge in [-0.1, -0.05) is 55.8 Å². The Labute approximate surface area is 130 Å². The van der Waals surface area contributed by atoms with Gasteiger partial charge in [0.2, 0.25) is 0 Å². The van der Waals surface area contributed by atoms with E-state index in [1.165, 1.54) is 5.56 Å². The number of nitrogens with one attached hydrogen (secondary N) is 2. The van der Waals surface area contributed by atoms with E-state index in [1.54, 1.807) is 0 Å². The standard InChI is InChI=1S/C16H17ClN2S/c1-11(2)12-7-3-5-9-14(12)18-16(20)19-15-10-6-4-8-13(15)17/h3-11H,1-2H3,(H2,18,19,20). The van der Waals surface area contributed by atoms with E-state index in [1.807, 2.05) is 42.5 Å². The van der Waals surface area contributed by atoms with Gasteiger partial charge in [0.05, 0.1) is 10.7 Å². The molecule has 0 atom stereocenters. The van der Waals surface area contributed by atoms with E-state index in [0.717, 1.165) is 11.4 Å². The van der Waals surface area contributed by atoms with Gasteiger partial charge in [0.15, 0.2) is 5.11 Å². The number of anilines is 2.